The Hall–Kier alpha value is -1.53. The van der Waals surface area contributed by atoms with Crippen molar-refractivity contribution < 1.29 is 9.59 Å². The molecule has 3 rings (SSSR count). The van der Waals surface area contributed by atoms with Crippen molar-refractivity contribution >= 4 is 29.3 Å². The van der Waals surface area contributed by atoms with Gasteiger partial charge in [0.25, 0.3) is 0 Å². The van der Waals surface area contributed by atoms with Crippen molar-refractivity contribution in [2.24, 2.45) is 5.92 Å². The van der Waals surface area contributed by atoms with Crippen molar-refractivity contribution in [1.29, 1.82) is 0 Å². The van der Waals surface area contributed by atoms with Gasteiger partial charge in [-0.05, 0) is 50.4 Å². The third kappa shape index (κ3) is 3.59. The van der Waals surface area contributed by atoms with E-state index in [1.54, 1.807) is 16.7 Å². The summed E-state index contributed by atoms with van der Waals surface area (Å²) in [5, 5.41) is 3.26. The van der Waals surface area contributed by atoms with E-state index in [-0.39, 0.29) is 17.7 Å². The van der Waals surface area contributed by atoms with E-state index in [0.29, 0.717) is 19.0 Å². The van der Waals surface area contributed by atoms with Crippen molar-refractivity contribution in [1.82, 2.24) is 10.2 Å². The summed E-state index contributed by atoms with van der Waals surface area (Å²) in [6.45, 7) is 2.06. The molecule has 2 amide bonds. The number of nitrogens with zero attached hydrogens (tertiary/aromatic N) is 2. The molecule has 1 N–H and O–H groups in total. The number of likely N-dealkylation sites (N-methyl/N-ethyl adjacent to an activating group) is 1. The van der Waals surface area contributed by atoms with Gasteiger partial charge in [0.05, 0.1) is 5.92 Å². The second-order valence-electron chi connectivity index (χ2n) is 6.52. The SMILES string of the molecule is CNC1CCCN(C(=O)C2CC(=O)N(c3ccc(SC)cc3)C2)C1. The van der Waals surface area contributed by atoms with Gasteiger partial charge in [-0.1, -0.05) is 0 Å². The van der Waals surface area contributed by atoms with Crippen molar-refractivity contribution in [3.63, 3.8) is 0 Å². The van der Waals surface area contributed by atoms with Crippen molar-refractivity contribution in [2.75, 3.05) is 37.8 Å². The molecule has 6 heteroatoms. The van der Waals surface area contributed by atoms with Crippen LogP contribution >= 0.6 is 11.8 Å². The number of hydrogen-bond donors (Lipinski definition) is 1. The van der Waals surface area contributed by atoms with E-state index in [0.717, 1.165) is 31.6 Å². The summed E-state index contributed by atoms with van der Waals surface area (Å²) in [7, 11) is 1.94. The topological polar surface area (TPSA) is 52.7 Å². The molecule has 0 saturated carbocycles. The molecule has 2 saturated heterocycles. The lowest BCUT2D eigenvalue weighted by Crippen LogP contribution is -2.49. The van der Waals surface area contributed by atoms with Crippen LogP contribution in [-0.4, -0.2) is 55.7 Å². The maximum atomic E-state index is 12.8. The summed E-state index contributed by atoms with van der Waals surface area (Å²) in [6.07, 6.45) is 4.49. The summed E-state index contributed by atoms with van der Waals surface area (Å²) in [6, 6.07) is 8.34. The van der Waals surface area contributed by atoms with Crippen molar-refractivity contribution in [3.8, 4) is 0 Å². The zero-order chi connectivity index (χ0) is 17.1. The Morgan fingerprint density at radius 2 is 2.00 bits per heavy atom. The molecule has 2 fully saturated rings. The minimum Gasteiger partial charge on any atom is -0.341 e. The number of hydrogen-bond acceptors (Lipinski definition) is 4. The van der Waals surface area contributed by atoms with Crippen LogP contribution in [0.2, 0.25) is 0 Å². The number of rotatable bonds is 4. The molecule has 0 bridgehead atoms. The molecule has 24 heavy (non-hydrogen) atoms. The van der Waals surface area contributed by atoms with Crippen LogP contribution in [0.15, 0.2) is 29.2 Å². The van der Waals surface area contributed by atoms with Crippen molar-refractivity contribution in [2.45, 2.75) is 30.2 Å². The van der Waals surface area contributed by atoms with Crippen LogP contribution in [0.1, 0.15) is 19.3 Å². The molecule has 5 nitrogen and oxygen atoms in total. The Kier molecular flexibility index (Phi) is 5.46. The summed E-state index contributed by atoms with van der Waals surface area (Å²) in [5.74, 6) is -0.0349. The molecule has 2 unspecified atom stereocenters. The molecule has 2 aliphatic heterocycles. The first kappa shape index (κ1) is 17.3. The molecule has 130 valence electrons. The lowest BCUT2D eigenvalue weighted by Gasteiger charge is -2.34. The number of anilines is 1. The van der Waals surface area contributed by atoms with E-state index in [1.165, 1.54) is 4.90 Å². The minimum atomic E-state index is -0.215. The van der Waals surface area contributed by atoms with Crippen LogP contribution in [0.25, 0.3) is 0 Å². The van der Waals surface area contributed by atoms with Crippen LogP contribution < -0.4 is 10.2 Å². The number of piperidine rings is 1. The lowest BCUT2D eigenvalue weighted by molar-refractivity contribution is -0.137. The molecule has 2 heterocycles. The van der Waals surface area contributed by atoms with Crippen LogP contribution in [0.5, 0.6) is 0 Å². The standard InChI is InChI=1S/C18H25N3O2S/c1-19-14-4-3-9-20(12-14)18(23)13-10-17(22)21(11-13)15-5-7-16(24-2)8-6-15/h5-8,13-14,19H,3-4,9-12H2,1-2H3. The van der Waals surface area contributed by atoms with Crippen LogP contribution in [-0.2, 0) is 9.59 Å². The van der Waals surface area contributed by atoms with E-state index in [2.05, 4.69) is 5.32 Å². The zero-order valence-electron chi connectivity index (χ0n) is 14.3. The lowest BCUT2D eigenvalue weighted by atomic mass is 10.0. The minimum absolute atomic E-state index is 0.0485. The fourth-order valence-corrected chi connectivity index (χ4v) is 3.96. The quantitative estimate of drug-likeness (QED) is 0.846. The van der Waals surface area contributed by atoms with Gasteiger partial charge < -0.3 is 15.1 Å². The molecule has 1 aromatic rings. The molecule has 0 radical (unpaired) electrons. The number of thioether (sulfide) groups is 1. The molecule has 0 aromatic heterocycles. The van der Waals surface area contributed by atoms with Gasteiger partial charge in [-0.25, -0.2) is 0 Å². The zero-order valence-corrected chi connectivity index (χ0v) is 15.1. The Labute approximate surface area is 147 Å². The Morgan fingerprint density at radius 1 is 1.25 bits per heavy atom. The van der Waals surface area contributed by atoms with Gasteiger partial charge in [0.15, 0.2) is 0 Å². The number of carbonyl (C=O) groups is 2. The van der Waals surface area contributed by atoms with Gasteiger partial charge in [-0.2, -0.15) is 0 Å². The van der Waals surface area contributed by atoms with Gasteiger partial charge in [0.1, 0.15) is 0 Å². The highest BCUT2D eigenvalue weighted by Crippen LogP contribution is 2.28. The molecular formula is C18H25N3O2S. The first-order chi connectivity index (χ1) is 11.6. The largest absolute Gasteiger partial charge is 0.341 e. The van der Waals surface area contributed by atoms with Crippen LogP contribution in [0.4, 0.5) is 5.69 Å². The molecule has 2 atom stereocenters. The number of amides is 2. The summed E-state index contributed by atoms with van der Waals surface area (Å²) in [4.78, 5) is 30.0. The van der Waals surface area contributed by atoms with E-state index in [1.807, 2.05) is 42.5 Å². The second-order valence-corrected chi connectivity index (χ2v) is 7.40. The molecular weight excluding hydrogens is 322 g/mol. The molecule has 0 aliphatic carbocycles. The van der Waals surface area contributed by atoms with Crippen LogP contribution in [0, 0.1) is 5.92 Å². The van der Waals surface area contributed by atoms with Gasteiger partial charge in [-0.15, -0.1) is 11.8 Å². The number of carbonyl (C=O) groups excluding carboxylic acids is 2. The number of benzene rings is 1. The maximum absolute atomic E-state index is 12.8. The normalized spacial score (nSPS) is 24.5. The fraction of sp³-hybridized carbons (Fsp3) is 0.556. The van der Waals surface area contributed by atoms with E-state index in [4.69, 9.17) is 0 Å². The fourth-order valence-electron chi connectivity index (χ4n) is 3.56. The highest BCUT2D eigenvalue weighted by atomic mass is 32.2. The Morgan fingerprint density at radius 3 is 2.67 bits per heavy atom. The predicted octanol–water partition coefficient (Wildman–Crippen LogP) is 1.97. The van der Waals surface area contributed by atoms with Crippen LogP contribution in [0.3, 0.4) is 0 Å². The average molecular weight is 347 g/mol. The smallest absolute Gasteiger partial charge is 0.228 e. The van der Waals surface area contributed by atoms with E-state index in [9.17, 15) is 9.59 Å². The first-order valence-corrected chi connectivity index (χ1v) is 9.75. The van der Waals surface area contributed by atoms with Gasteiger partial charge in [-0.3, -0.25) is 9.59 Å². The number of likely N-dealkylation sites (tertiary alicyclic amines) is 1. The van der Waals surface area contributed by atoms with Gasteiger partial charge in [0, 0.05) is 42.7 Å². The molecule has 2 aliphatic rings. The summed E-state index contributed by atoms with van der Waals surface area (Å²) in [5.41, 5.74) is 0.889. The number of nitrogens with one attached hydrogen (secondary N) is 1. The predicted molar refractivity (Wildman–Crippen MR) is 97.3 cm³/mol. The van der Waals surface area contributed by atoms with E-state index >= 15 is 0 Å². The Balaban J connectivity index is 1.66. The van der Waals surface area contributed by atoms with Crippen molar-refractivity contribution in [3.05, 3.63) is 24.3 Å². The maximum Gasteiger partial charge on any atom is 0.228 e. The van der Waals surface area contributed by atoms with E-state index < -0.39 is 0 Å². The average Bonchev–Trinajstić information content (AvgIpc) is 3.03. The van der Waals surface area contributed by atoms with Gasteiger partial charge >= 0.3 is 0 Å². The second kappa shape index (κ2) is 7.57. The summed E-state index contributed by atoms with van der Waals surface area (Å²) >= 11 is 1.68. The highest BCUT2D eigenvalue weighted by Gasteiger charge is 2.38. The third-order valence-electron chi connectivity index (χ3n) is 5.00. The highest BCUT2D eigenvalue weighted by molar-refractivity contribution is 7.98. The Bertz CT molecular complexity index is 605. The molecule has 0 spiro atoms. The first-order valence-electron chi connectivity index (χ1n) is 8.53. The monoisotopic (exact) mass is 347 g/mol. The van der Waals surface area contributed by atoms with Gasteiger partial charge in [0.2, 0.25) is 11.8 Å². The molecule has 1 aromatic carbocycles. The third-order valence-corrected chi connectivity index (χ3v) is 5.74. The summed E-state index contributed by atoms with van der Waals surface area (Å²) < 4.78 is 0.